The lowest BCUT2D eigenvalue weighted by molar-refractivity contribution is -0.143. The van der Waals surface area contributed by atoms with E-state index in [-0.39, 0.29) is 11.8 Å². The maximum Gasteiger partial charge on any atom is 0.330 e. The maximum atomic E-state index is 12.2. The lowest BCUT2D eigenvalue weighted by Gasteiger charge is -2.23. The molecule has 6 nitrogen and oxygen atoms in total. The Labute approximate surface area is 128 Å². The second-order valence-corrected chi connectivity index (χ2v) is 5.66. The van der Waals surface area contributed by atoms with Crippen LogP contribution in [0.4, 0.5) is 0 Å². The summed E-state index contributed by atoms with van der Waals surface area (Å²) in [6.45, 7) is 1.63. The molecule has 1 fully saturated rings. The minimum Gasteiger partial charge on any atom is -0.493 e. The topological polar surface area (TPSA) is 84.9 Å². The lowest BCUT2D eigenvalue weighted by Crippen LogP contribution is -2.40. The molecule has 1 amide bonds. The molecule has 2 heterocycles. The first-order valence-electron chi connectivity index (χ1n) is 7.51. The second kappa shape index (κ2) is 6.36. The molecule has 6 heteroatoms. The van der Waals surface area contributed by atoms with E-state index >= 15 is 0 Å². The number of rotatable bonds is 4. The zero-order valence-corrected chi connectivity index (χ0v) is 12.2. The lowest BCUT2D eigenvalue weighted by atomic mass is 9.98. The van der Waals surface area contributed by atoms with Crippen molar-refractivity contribution in [2.24, 2.45) is 5.92 Å². The fraction of sp³-hybridized carbons (Fsp3) is 0.500. The van der Waals surface area contributed by atoms with Crippen molar-refractivity contribution in [3.05, 3.63) is 29.3 Å². The van der Waals surface area contributed by atoms with Crippen LogP contribution in [0.5, 0.6) is 5.75 Å². The highest BCUT2D eigenvalue weighted by atomic mass is 16.5. The summed E-state index contributed by atoms with van der Waals surface area (Å²) in [6, 6.07) is 4.23. The van der Waals surface area contributed by atoms with E-state index in [2.05, 4.69) is 5.32 Å². The molecule has 1 saturated heterocycles. The van der Waals surface area contributed by atoms with Crippen LogP contribution in [-0.2, 0) is 20.7 Å². The van der Waals surface area contributed by atoms with E-state index in [1.165, 1.54) is 0 Å². The molecule has 0 radical (unpaired) electrons. The second-order valence-electron chi connectivity index (χ2n) is 5.66. The van der Waals surface area contributed by atoms with Gasteiger partial charge in [-0.15, -0.1) is 0 Å². The van der Waals surface area contributed by atoms with Crippen LogP contribution >= 0.6 is 0 Å². The van der Waals surface area contributed by atoms with Crippen molar-refractivity contribution in [2.75, 3.05) is 19.8 Å². The summed E-state index contributed by atoms with van der Waals surface area (Å²) < 4.78 is 10.7. The third-order valence-corrected chi connectivity index (χ3v) is 4.11. The van der Waals surface area contributed by atoms with Crippen LogP contribution in [-0.4, -0.2) is 36.8 Å². The van der Waals surface area contributed by atoms with Gasteiger partial charge in [0.1, 0.15) is 5.75 Å². The number of benzene rings is 1. The monoisotopic (exact) mass is 305 g/mol. The number of nitrogens with one attached hydrogen (secondary N) is 1. The Morgan fingerprint density at radius 3 is 2.91 bits per heavy atom. The van der Waals surface area contributed by atoms with Crippen LogP contribution in [0.15, 0.2) is 18.2 Å². The van der Waals surface area contributed by atoms with Gasteiger partial charge in [0.05, 0.1) is 19.1 Å². The van der Waals surface area contributed by atoms with Crippen LogP contribution in [0.2, 0.25) is 0 Å². The molecular weight excluding hydrogens is 286 g/mol. The molecule has 0 saturated carbocycles. The summed E-state index contributed by atoms with van der Waals surface area (Å²) in [5.41, 5.74) is 1.56. The number of hydrogen-bond acceptors (Lipinski definition) is 4. The van der Waals surface area contributed by atoms with Crippen molar-refractivity contribution in [1.29, 1.82) is 0 Å². The van der Waals surface area contributed by atoms with E-state index in [1.807, 2.05) is 0 Å². The van der Waals surface area contributed by atoms with E-state index in [0.29, 0.717) is 25.4 Å². The number of amides is 1. The first-order chi connectivity index (χ1) is 10.6. The number of carboxylic acids is 1. The predicted molar refractivity (Wildman–Crippen MR) is 77.7 cm³/mol. The van der Waals surface area contributed by atoms with Gasteiger partial charge in [0.15, 0.2) is 6.04 Å². The van der Waals surface area contributed by atoms with Crippen LogP contribution in [0, 0.1) is 5.92 Å². The third-order valence-electron chi connectivity index (χ3n) is 4.11. The molecule has 0 aliphatic carbocycles. The fourth-order valence-electron chi connectivity index (χ4n) is 2.88. The quantitative estimate of drug-likeness (QED) is 0.875. The number of hydrogen-bond donors (Lipinski definition) is 2. The molecule has 0 spiro atoms. The molecule has 3 rings (SSSR count). The number of carboxylic acid groups (broad SMARTS) is 1. The zero-order chi connectivity index (χ0) is 15.5. The molecule has 0 aromatic heterocycles. The Balaban J connectivity index is 1.75. The number of fused-ring (bicyclic) bond motifs is 1. The molecular formula is C16H19NO5. The smallest absolute Gasteiger partial charge is 0.330 e. The molecule has 22 heavy (non-hydrogen) atoms. The molecule has 118 valence electrons. The summed E-state index contributed by atoms with van der Waals surface area (Å²) in [5.74, 6) is -0.805. The largest absolute Gasteiger partial charge is 0.493 e. The van der Waals surface area contributed by atoms with Crippen molar-refractivity contribution in [3.63, 3.8) is 0 Å². The Morgan fingerprint density at radius 1 is 1.32 bits per heavy atom. The highest BCUT2D eigenvalue weighted by molar-refractivity contribution is 5.86. The van der Waals surface area contributed by atoms with E-state index in [4.69, 9.17) is 9.47 Å². The Morgan fingerprint density at radius 2 is 2.18 bits per heavy atom. The van der Waals surface area contributed by atoms with E-state index in [0.717, 1.165) is 30.6 Å². The van der Waals surface area contributed by atoms with Crippen molar-refractivity contribution in [2.45, 2.75) is 25.3 Å². The van der Waals surface area contributed by atoms with Crippen LogP contribution in [0.3, 0.4) is 0 Å². The molecule has 1 aromatic rings. The molecule has 2 N–H and O–H groups in total. The summed E-state index contributed by atoms with van der Waals surface area (Å²) in [4.78, 5) is 23.8. The van der Waals surface area contributed by atoms with Crippen molar-refractivity contribution >= 4 is 11.9 Å². The van der Waals surface area contributed by atoms with Crippen molar-refractivity contribution < 1.29 is 24.2 Å². The summed E-state index contributed by atoms with van der Waals surface area (Å²) in [7, 11) is 0. The van der Waals surface area contributed by atoms with E-state index < -0.39 is 12.0 Å². The van der Waals surface area contributed by atoms with Gasteiger partial charge in [-0.25, -0.2) is 4.79 Å². The van der Waals surface area contributed by atoms with Gasteiger partial charge in [0.25, 0.3) is 0 Å². The van der Waals surface area contributed by atoms with E-state index in [9.17, 15) is 14.7 Å². The minimum absolute atomic E-state index is 0.260. The first-order valence-corrected chi connectivity index (χ1v) is 7.51. The Hall–Kier alpha value is -2.08. The molecule has 1 aromatic carbocycles. The average Bonchev–Trinajstić information content (AvgIpc) is 3.00. The van der Waals surface area contributed by atoms with Gasteiger partial charge in [-0.3, -0.25) is 4.79 Å². The van der Waals surface area contributed by atoms with Crippen LogP contribution < -0.4 is 10.1 Å². The molecule has 0 bridgehead atoms. The predicted octanol–water partition coefficient (Wildman–Crippen LogP) is 1.29. The molecule has 0 unspecified atom stereocenters. The summed E-state index contributed by atoms with van der Waals surface area (Å²) in [5, 5.41) is 12.1. The third kappa shape index (κ3) is 3.06. The van der Waals surface area contributed by atoms with Gasteiger partial charge in [-0.05, 0) is 36.1 Å². The fourth-order valence-corrected chi connectivity index (χ4v) is 2.88. The highest BCUT2D eigenvalue weighted by Crippen LogP contribution is 2.28. The van der Waals surface area contributed by atoms with Crippen LogP contribution in [0.25, 0.3) is 0 Å². The van der Waals surface area contributed by atoms with Gasteiger partial charge in [-0.1, -0.05) is 6.07 Å². The Kier molecular flexibility index (Phi) is 4.29. The van der Waals surface area contributed by atoms with Gasteiger partial charge in [0.2, 0.25) is 5.91 Å². The van der Waals surface area contributed by atoms with Crippen molar-refractivity contribution in [1.82, 2.24) is 5.32 Å². The first kappa shape index (κ1) is 14.8. The molecule has 2 aliphatic rings. The standard InChI is InChI=1S/C16H19NO5/c18-15(12-2-1-6-21-9-12)17-14(16(19)20)11-3-4-13-10(8-11)5-7-22-13/h3-4,8,12,14H,1-2,5-7,9H2,(H,17,18)(H,19,20)/t12-,14+/m1/s1. The van der Waals surface area contributed by atoms with Gasteiger partial charge in [-0.2, -0.15) is 0 Å². The van der Waals surface area contributed by atoms with Crippen LogP contribution in [0.1, 0.15) is 30.0 Å². The number of ether oxygens (including phenoxy) is 2. The number of aliphatic carboxylic acids is 1. The van der Waals surface area contributed by atoms with Gasteiger partial charge < -0.3 is 19.9 Å². The maximum absolute atomic E-state index is 12.2. The SMILES string of the molecule is O=C(N[C@H](C(=O)O)c1ccc2c(c1)CCO2)[C@@H]1CCCOC1. The summed E-state index contributed by atoms with van der Waals surface area (Å²) in [6.07, 6.45) is 2.32. The van der Waals surface area contributed by atoms with Crippen molar-refractivity contribution in [3.8, 4) is 5.75 Å². The number of carbonyl (C=O) groups excluding carboxylic acids is 1. The highest BCUT2D eigenvalue weighted by Gasteiger charge is 2.28. The summed E-state index contributed by atoms with van der Waals surface area (Å²) >= 11 is 0. The van der Waals surface area contributed by atoms with Gasteiger partial charge in [0, 0.05) is 13.0 Å². The zero-order valence-electron chi connectivity index (χ0n) is 12.2. The number of carbonyl (C=O) groups is 2. The Bertz CT molecular complexity index is 580. The molecule has 2 aliphatic heterocycles. The minimum atomic E-state index is -1.07. The van der Waals surface area contributed by atoms with Gasteiger partial charge >= 0.3 is 5.97 Å². The normalized spacial score (nSPS) is 21.5. The van der Waals surface area contributed by atoms with E-state index in [1.54, 1.807) is 18.2 Å². The average molecular weight is 305 g/mol. The molecule has 2 atom stereocenters.